The predicted octanol–water partition coefficient (Wildman–Crippen LogP) is 2.28. The van der Waals surface area contributed by atoms with E-state index in [1.807, 2.05) is 6.07 Å². The van der Waals surface area contributed by atoms with E-state index >= 15 is 0 Å². The van der Waals surface area contributed by atoms with Gasteiger partial charge >= 0.3 is 0 Å². The molecule has 1 atom stereocenters. The minimum Gasteiger partial charge on any atom is -0.508 e. The number of carbonyl (C=O) groups is 2. The van der Waals surface area contributed by atoms with Crippen LogP contribution in [0, 0.1) is 11.3 Å². The van der Waals surface area contributed by atoms with Gasteiger partial charge in [0.1, 0.15) is 17.0 Å². The first kappa shape index (κ1) is 21.2. The van der Waals surface area contributed by atoms with Gasteiger partial charge in [0.05, 0.1) is 19.1 Å². The van der Waals surface area contributed by atoms with Crippen LogP contribution in [0.25, 0.3) is 0 Å². The van der Waals surface area contributed by atoms with Gasteiger partial charge in [0.2, 0.25) is 5.91 Å². The SMILES string of the molecule is COCC(C)(C#N)NC(=O)c1cc(NC(=O)Cc2cc(Cl)ccc2O)ccn1. The van der Waals surface area contributed by atoms with Crippen LogP contribution in [0.4, 0.5) is 5.69 Å². The first-order chi connectivity index (χ1) is 13.3. The third kappa shape index (κ3) is 5.67. The van der Waals surface area contributed by atoms with Crippen LogP contribution < -0.4 is 10.6 Å². The van der Waals surface area contributed by atoms with Crippen molar-refractivity contribution >= 4 is 29.1 Å². The Balaban J connectivity index is 2.08. The number of hydrogen-bond donors (Lipinski definition) is 3. The molecule has 2 rings (SSSR count). The van der Waals surface area contributed by atoms with Crippen LogP contribution in [-0.2, 0) is 16.0 Å². The fourth-order valence-electron chi connectivity index (χ4n) is 2.41. The molecular weight excluding hydrogens is 384 g/mol. The van der Waals surface area contributed by atoms with Gasteiger partial charge in [-0.3, -0.25) is 14.6 Å². The smallest absolute Gasteiger partial charge is 0.271 e. The number of phenolic OH excluding ortho intramolecular Hbond substituents is 1. The summed E-state index contributed by atoms with van der Waals surface area (Å²) < 4.78 is 4.94. The lowest BCUT2D eigenvalue weighted by Gasteiger charge is -2.21. The molecule has 9 heteroatoms. The Morgan fingerprint density at radius 2 is 2.11 bits per heavy atom. The largest absolute Gasteiger partial charge is 0.508 e. The fourth-order valence-corrected chi connectivity index (χ4v) is 2.60. The molecule has 0 aliphatic rings. The molecule has 1 aromatic heterocycles. The number of nitriles is 1. The van der Waals surface area contributed by atoms with Crippen molar-refractivity contribution in [3.8, 4) is 11.8 Å². The maximum atomic E-state index is 12.4. The number of nitrogens with one attached hydrogen (secondary N) is 2. The molecule has 8 nitrogen and oxygen atoms in total. The number of amides is 2. The zero-order valence-corrected chi connectivity index (χ0v) is 16.1. The highest BCUT2D eigenvalue weighted by Crippen LogP contribution is 2.22. The Morgan fingerprint density at radius 1 is 1.36 bits per heavy atom. The van der Waals surface area contributed by atoms with Crippen molar-refractivity contribution in [1.82, 2.24) is 10.3 Å². The third-order valence-electron chi connectivity index (χ3n) is 3.74. The number of anilines is 1. The molecule has 2 amide bonds. The van der Waals surface area contributed by atoms with Crippen LogP contribution in [0.2, 0.25) is 5.02 Å². The molecule has 0 saturated carbocycles. The van der Waals surface area contributed by atoms with Crippen LogP contribution in [-0.4, -0.2) is 41.2 Å². The molecule has 0 saturated heterocycles. The molecule has 0 aliphatic heterocycles. The molecule has 0 bridgehead atoms. The van der Waals surface area contributed by atoms with Gasteiger partial charge in [-0.25, -0.2) is 0 Å². The van der Waals surface area contributed by atoms with Gasteiger partial charge in [0, 0.05) is 29.6 Å². The van der Waals surface area contributed by atoms with Gasteiger partial charge in [0.15, 0.2) is 0 Å². The van der Waals surface area contributed by atoms with Crippen LogP contribution in [0.1, 0.15) is 23.0 Å². The van der Waals surface area contributed by atoms with Crippen molar-refractivity contribution in [3.63, 3.8) is 0 Å². The molecular formula is C19H19ClN4O4. The summed E-state index contributed by atoms with van der Waals surface area (Å²) in [6.07, 6.45) is 1.26. The molecule has 28 heavy (non-hydrogen) atoms. The molecule has 2 aromatic rings. The van der Waals surface area contributed by atoms with Crippen LogP contribution in [0.5, 0.6) is 5.75 Å². The zero-order valence-electron chi connectivity index (χ0n) is 15.3. The number of methoxy groups -OCH3 is 1. The lowest BCUT2D eigenvalue weighted by molar-refractivity contribution is -0.115. The zero-order chi connectivity index (χ0) is 20.7. The summed E-state index contributed by atoms with van der Waals surface area (Å²) in [6.45, 7) is 1.53. The number of hydrogen-bond acceptors (Lipinski definition) is 6. The summed E-state index contributed by atoms with van der Waals surface area (Å²) >= 11 is 5.88. The maximum absolute atomic E-state index is 12.4. The minimum atomic E-state index is -1.21. The second-order valence-corrected chi connectivity index (χ2v) is 6.70. The van der Waals surface area contributed by atoms with E-state index in [0.717, 1.165) is 0 Å². The quantitative estimate of drug-likeness (QED) is 0.652. The summed E-state index contributed by atoms with van der Waals surface area (Å²) in [4.78, 5) is 28.6. The van der Waals surface area contributed by atoms with Gasteiger partial charge < -0.3 is 20.5 Å². The highest BCUT2D eigenvalue weighted by Gasteiger charge is 2.27. The minimum absolute atomic E-state index is 0.00873. The Labute approximate surface area is 167 Å². The number of pyridine rings is 1. The monoisotopic (exact) mass is 402 g/mol. The van der Waals surface area contributed by atoms with Crippen LogP contribution >= 0.6 is 11.6 Å². The van der Waals surface area contributed by atoms with Gasteiger partial charge in [-0.15, -0.1) is 0 Å². The number of aromatic nitrogens is 1. The van der Waals surface area contributed by atoms with E-state index in [4.69, 9.17) is 16.3 Å². The van der Waals surface area contributed by atoms with Crippen LogP contribution in [0.15, 0.2) is 36.5 Å². The highest BCUT2D eigenvalue weighted by atomic mass is 35.5. The predicted molar refractivity (Wildman–Crippen MR) is 103 cm³/mol. The van der Waals surface area contributed by atoms with E-state index in [1.165, 1.54) is 50.6 Å². The van der Waals surface area contributed by atoms with Crippen molar-refractivity contribution in [1.29, 1.82) is 5.26 Å². The van der Waals surface area contributed by atoms with E-state index in [0.29, 0.717) is 16.3 Å². The van der Waals surface area contributed by atoms with Crippen molar-refractivity contribution in [3.05, 3.63) is 52.8 Å². The number of rotatable bonds is 7. The molecule has 0 aliphatic carbocycles. The Hall–Kier alpha value is -3.15. The van der Waals surface area contributed by atoms with E-state index in [2.05, 4.69) is 15.6 Å². The Kier molecular flexibility index (Phi) is 6.93. The van der Waals surface area contributed by atoms with Crippen molar-refractivity contribution in [2.24, 2.45) is 0 Å². The van der Waals surface area contributed by atoms with Gasteiger partial charge in [-0.05, 0) is 37.3 Å². The summed E-state index contributed by atoms with van der Waals surface area (Å²) in [5.74, 6) is -1.02. The highest BCUT2D eigenvalue weighted by molar-refractivity contribution is 6.30. The summed E-state index contributed by atoms with van der Waals surface area (Å²) in [5, 5.41) is 24.6. The van der Waals surface area contributed by atoms with Crippen LogP contribution in [0.3, 0.4) is 0 Å². The number of nitrogens with zero attached hydrogens (tertiary/aromatic N) is 2. The maximum Gasteiger partial charge on any atom is 0.271 e. The lowest BCUT2D eigenvalue weighted by Crippen LogP contribution is -2.48. The van der Waals surface area contributed by atoms with E-state index < -0.39 is 17.4 Å². The first-order valence-electron chi connectivity index (χ1n) is 8.22. The van der Waals surface area contributed by atoms with Gasteiger partial charge in [-0.1, -0.05) is 11.6 Å². The summed E-state index contributed by atoms with van der Waals surface area (Å²) in [7, 11) is 1.42. The summed E-state index contributed by atoms with van der Waals surface area (Å²) in [5.41, 5.74) is -0.462. The normalized spacial score (nSPS) is 12.5. The van der Waals surface area contributed by atoms with E-state index in [9.17, 15) is 20.0 Å². The number of aromatic hydroxyl groups is 1. The van der Waals surface area contributed by atoms with Gasteiger partial charge in [-0.2, -0.15) is 5.26 Å². The Bertz CT molecular complexity index is 928. The molecule has 0 fully saturated rings. The number of ether oxygens (including phenoxy) is 1. The number of halogens is 1. The summed E-state index contributed by atoms with van der Waals surface area (Å²) in [6, 6.07) is 9.31. The second kappa shape index (κ2) is 9.17. The molecule has 0 radical (unpaired) electrons. The number of benzene rings is 1. The fraction of sp³-hybridized carbons (Fsp3) is 0.263. The van der Waals surface area contributed by atoms with Crippen molar-refractivity contribution < 1.29 is 19.4 Å². The Morgan fingerprint density at radius 3 is 2.79 bits per heavy atom. The van der Waals surface area contributed by atoms with E-state index in [-0.39, 0.29) is 24.5 Å². The molecule has 1 heterocycles. The molecule has 3 N–H and O–H groups in total. The van der Waals surface area contributed by atoms with Gasteiger partial charge in [0.25, 0.3) is 5.91 Å². The van der Waals surface area contributed by atoms with Crippen molar-refractivity contribution in [2.75, 3.05) is 19.0 Å². The average molecular weight is 403 g/mol. The standard InChI is InChI=1S/C19H19ClN4O4/c1-19(10-21,11-28-2)24-18(27)15-9-14(5-6-22-15)23-17(26)8-12-7-13(20)3-4-16(12)25/h3-7,9,25H,8,11H2,1-2H3,(H,24,27)(H,22,23,26). The number of carbonyl (C=O) groups excluding carboxylic acids is 2. The lowest BCUT2D eigenvalue weighted by atomic mass is 10.1. The molecule has 146 valence electrons. The number of phenols is 1. The van der Waals surface area contributed by atoms with Crippen molar-refractivity contribution in [2.45, 2.75) is 18.9 Å². The topological polar surface area (TPSA) is 124 Å². The molecule has 1 aromatic carbocycles. The van der Waals surface area contributed by atoms with E-state index in [1.54, 1.807) is 0 Å². The molecule has 0 spiro atoms. The third-order valence-corrected chi connectivity index (χ3v) is 3.97. The molecule has 1 unspecified atom stereocenters. The first-order valence-corrected chi connectivity index (χ1v) is 8.60. The second-order valence-electron chi connectivity index (χ2n) is 6.26. The average Bonchev–Trinajstić information content (AvgIpc) is 2.65.